The number of guanidine groups is 1. The second-order valence-corrected chi connectivity index (χ2v) is 16.2. The number of nitrogens with one attached hydrogen (secondary N) is 6. The molecule has 4 amide bonds. The highest BCUT2D eigenvalue weighted by molar-refractivity contribution is 8.13. The molecule has 1 aliphatic rings. The van der Waals surface area contributed by atoms with Crippen LogP contribution in [-0.2, 0) is 61.9 Å². The van der Waals surface area contributed by atoms with E-state index in [1.807, 2.05) is 13.0 Å². The minimum atomic E-state index is -1.45. The van der Waals surface area contributed by atoms with Crippen molar-refractivity contribution in [2.24, 2.45) is 4.99 Å². The number of hydrogen-bond donors (Lipinski definition) is 7. The first-order valence-electron chi connectivity index (χ1n) is 23.3. The number of benzene rings is 2. The van der Waals surface area contributed by atoms with Crippen LogP contribution in [-0.4, -0.2) is 183 Å². The zero-order valence-electron chi connectivity index (χ0n) is 40.4. The Morgan fingerprint density at radius 2 is 1.27 bits per heavy atom. The number of ether oxygens (including phenoxy) is 9. The van der Waals surface area contributed by atoms with E-state index in [1.54, 1.807) is 42.6 Å². The third kappa shape index (κ3) is 29.9. The predicted octanol–water partition coefficient (Wildman–Crippen LogP) is 1.93. The molecule has 71 heavy (non-hydrogen) atoms. The van der Waals surface area contributed by atoms with E-state index < -0.39 is 48.9 Å². The summed E-state index contributed by atoms with van der Waals surface area (Å²) in [4.78, 5) is 77.8. The van der Waals surface area contributed by atoms with E-state index in [4.69, 9.17) is 42.6 Å². The Hall–Kier alpha value is -5.70. The third-order valence-corrected chi connectivity index (χ3v) is 10.0. The normalized spacial score (nSPS) is 12.7. The van der Waals surface area contributed by atoms with Gasteiger partial charge in [-0.3, -0.25) is 28.8 Å². The summed E-state index contributed by atoms with van der Waals surface area (Å²) in [7, 11) is 0. The van der Waals surface area contributed by atoms with Crippen molar-refractivity contribution in [3.05, 3.63) is 66.4 Å². The molecule has 2 unspecified atom stereocenters. The van der Waals surface area contributed by atoms with Crippen molar-refractivity contribution in [2.75, 3.05) is 135 Å². The standard InChI is InChI=1S/C47H69N7O16S/c1-3-43(54-41(56)12-15-62-16-17-63-18-19-64-20-21-65-22-23-66-24-25-67-26-27-68-28-29-69-30-31-71-35(2)55)70-39-10-8-37(9-11-39)51-46(61)40(33-44(58)59)53-42(57)34-50-45(60)36-6-4-7-38(32-36)52-47-48-13-5-14-49-47/h4-11,13,32,40,43H,3,12,14-31,33-34H2,1-2H3,(H,50,60)(H,51,61)(H,53,57)(H,54,56)(H,58,59)(H2,48,49,52). The molecule has 1 aliphatic heterocycles. The molecule has 0 fully saturated rings. The molecule has 1 heterocycles. The van der Waals surface area contributed by atoms with Crippen molar-refractivity contribution < 1.29 is 76.5 Å². The molecule has 0 spiro atoms. The van der Waals surface area contributed by atoms with E-state index >= 15 is 0 Å². The van der Waals surface area contributed by atoms with Gasteiger partial charge in [0.15, 0.2) is 17.3 Å². The van der Waals surface area contributed by atoms with E-state index in [0.717, 1.165) is 0 Å². The van der Waals surface area contributed by atoms with Crippen LogP contribution in [0, 0.1) is 0 Å². The summed E-state index contributed by atoms with van der Waals surface area (Å²) in [5, 5.41) is 25.7. The maximum Gasteiger partial charge on any atom is 0.305 e. The van der Waals surface area contributed by atoms with Gasteiger partial charge in [0.1, 0.15) is 11.8 Å². The topological polar surface area (TPSA) is 290 Å². The number of aliphatic carboxylic acids is 1. The van der Waals surface area contributed by atoms with Crippen LogP contribution in [0.4, 0.5) is 11.4 Å². The Morgan fingerprint density at radius 1 is 0.704 bits per heavy atom. The summed E-state index contributed by atoms with van der Waals surface area (Å²) in [5.74, 6) is -2.17. The van der Waals surface area contributed by atoms with Crippen molar-refractivity contribution in [3.63, 3.8) is 0 Å². The van der Waals surface area contributed by atoms with Gasteiger partial charge in [0.2, 0.25) is 17.7 Å². The highest BCUT2D eigenvalue weighted by Gasteiger charge is 2.24. The molecule has 23 nitrogen and oxygen atoms in total. The minimum absolute atomic E-state index is 0.0843. The smallest absolute Gasteiger partial charge is 0.305 e. The predicted molar refractivity (Wildman–Crippen MR) is 263 cm³/mol. The summed E-state index contributed by atoms with van der Waals surface area (Å²) in [6.07, 6.45) is 2.77. The minimum Gasteiger partial charge on any atom is -0.481 e. The lowest BCUT2D eigenvalue weighted by Gasteiger charge is -2.20. The maximum atomic E-state index is 13.1. The summed E-state index contributed by atoms with van der Waals surface area (Å²) >= 11 is 1.24. The van der Waals surface area contributed by atoms with E-state index in [-0.39, 0.29) is 29.6 Å². The lowest BCUT2D eigenvalue weighted by molar-refractivity contribution is -0.139. The second-order valence-electron chi connectivity index (χ2n) is 14.9. The van der Waals surface area contributed by atoms with Crippen LogP contribution in [0.2, 0.25) is 0 Å². The lowest BCUT2D eigenvalue weighted by Crippen LogP contribution is -2.48. The molecule has 0 saturated heterocycles. The molecule has 0 aliphatic carbocycles. The van der Waals surface area contributed by atoms with Gasteiger partial charge in [-0.15, -0.1) is 0 Å². The van der Waals surface area contributed by atoms with Gasteiger partial charge >= 0.3 is 5.97 Å². The summed E-state index contributed by atoms with van der Waals surface area (Å²) in [6.45, 7) is 10.0. The Morgan fingerprint density at radius 3 is 1.79 bits per heavy atom. The van der Waals surface area contributed by atoms with Crippen LogP contribution in [0.3, 0.4) is 0 Å². The molecule has 24 heteroatoms. The van der Waals surface area contributed by atoms with Crippen LogP contribution in [0.1, 0.15) is 43.5 Å². The monoisotopic (exact) mass is 1020 g/mol. The number of hydrogen-bond acceptors (Lipinski definition) is 19. The molecule has 0 bridgehead atoms. The van der Waals surface area contributed by atoms with Crippen molar-refractivity contribution in [1.29, 1.82) is 0 Å². The summed E-state index contributed by atoms with van der Waals surface area (Å²) in [6, 6.07) is 11.2. The average Bonchev–Trinajstić information content (AvgIpc) is 3.35. The molecular weight excluding hydrogens is 951 g/mol. The number of carbonyl (C=O) groups excluding carboxylic acids is 5. The first kappa shape index (κ1) is 59.6. The number of amides is 4. The van der Waals surface area contributed by atoms with Crippen LogP contribution < -0.4 is 36.6 Å². The first-order chi connectivity index (χ1) is 34.5. The van der Waals surface area contributed by atoms with Gasteiger partial charge in [0.05, 0.1) is 132 Å². The van der Waals surface area contributed by atoms with Gasteiger partial charge in [-0.05, 0) is 48.5 Å². The Labute approximate surface area is 418 Å². The van der Waals surface area contributed by atoms with Crippen LogP contribution in [0.5, 0.6) is 5.75 Å². The van der Waals surface area contributed by atoms with Crippen LogP contribution >= 0.6 is 11.8 Å². The summed E-state index contributed by atoms with van der Waals surface area (Å²) in [5.41, 5.74) is 1.14. The fourth-order valence-corrected chi connectivity index (χ4v) is 6.24. The van der Waals surface area contributed by atoms with E-state index in [2.05, 4.69) is 36.9 Å². The van der Waals surface area contributed by atoms with Crippen molar-refractivity contribution in [3.8, 4) is 5.75 Å². The quantitative estimate of drug-likeness (QED) is 0.0371. The fourth-order valence-electron chi connectivity index (χ4n) is 5.75. The molecular formula is C47H69N7O16S. The zero-order valence-corrected chi connectivity index (χ0v) is 41.2. The van der Waals surface area contributed by atoms with Gasteiger partial charge in [-0.2, -0.15) is 0 Å². The van der Waals surface area contributed by atoms with Gasteiger partial charge in [0.25, 0.3) is 5.91 Å². The molecule has 3 rings (SSSR count). The number of carboxylic acids is 1. The second kappa shape index (κ2) is 38.0. The van der Waals surface area contributed by atoms with Gasteiger partial charge < -0.3 is 79.6 Å². The molecule has 394 valence electrons. The molecule has 2 aromatic carbocycles. The zero-order chi connectivity index (χ0) is 51.2. The Bertz CT molecular complexity index is 1940. The maximum absolute atomic E-state index is 13.1. The largest absolute Gasteiger partial charge is 0.481 e. The number of rotatable bonds is 40. The molecule has 0 aromatic heterocycles. The van der Waals surface area contributed by atoms with Crippen molar-refractivity contribution in [2.45, 2.75) is 45.4 Å². The van der Waals surface area contributed by atoms with Crippen molar-refractivity contribution >= 4 is 63.8 Å². The highest BCUT2D eigenvalue weighted by atomic mass is 32.2. The SMILES string of the molecule is CCC(NC(=O)CCOCCOCCOCCOCCOCCOCCOCCOCCSC(C)=O)Oc1ccc(NC(=O)C(CC(=O)O)NC(=O)CNC(=O)c2cccc(NC3=NCC=CN3)c2)cc1. The number of carbonyl (C=O) groups is 6. The molecule has 2 atom stereocenters. The molecule has 2 aromatic rings. The highest BCUT2D eigenvalue weighted by Crippen LogP contribution is 2.18. The first-order valence-corrected chi connectivity index (χ1v) is 24.3. The number of carboxylic acid groups (broad SMARTS) is 1. The van der Waals surface area contributed by atoms with E-state index in [9.17, 15) is 33.9 Å². The van der Waals surface area contributed by atoms with Crippen LogP contribution in [0.25, 0.3) is 0 Å². The fraction of sp³-hybridized carbons (Fsp3) is 0.553. The Balaban J connectivity index is 1.17. The van der Waals surface area contributed by atoms with Gasteiger partial charge in [-0.1, -0.05) is 24.8 Å². The lowest BCUT2D eigenvalue weighted by atomic mass is 10.1. The van der Waals surface area contributed by atoms with Crippen molar-refractivity contribution in [1.82, 2.24) is 21.3 Å². The average molecular weight is 1020 g/mol. The number of thioether (sulfide) groups is 1. The third-order valence-electron chi connectivity index (χ3n) is 9.22. The van der Waals surface area contributed by atoms with Gasteiger partial charge in [-0.25, -0.2) is 4.99 Å². The van der Waals surface area contributed by atoms with E-state index in [0.29, 0.717) is 141 Å². The Kier molecular flexibility index (Phi) is 31.9. The molecule has 7 N–H and O–H groups in total. The van der Waals surface area contributed by atoms with Crippen LogP contribution in [0.15, 0.2) is 65.8 Å². The van der Waals surface area contributed by atoms with Gasteiger partial charge in [0, 0.05) is 42.2 Å². The van der Waals surface area contributed by atoms with E-state index in [1.165, 1.54) is 30.8 Å². The molecule has 0 saturated carbocycles. The number of nitrogens with zero attached hydrogens (tertiary/aromatic N) is 1. The number of aliphatic imine (C=N–C) groups is 1. The number of anilines is 2. The summed E-state index contributed by atoms with van der Waals surface area (Å²) < 4.78 is 49.6. The molecule has 0 radical (unpaired) electrons.